The predicted molar refractivity (Wildman–Crippen MR) is 70.0 cm³/mol. The van der Waals surface area contributed by atoms with E-state index in [-0.39, 0.29) is 0 Å². The lowest BCUT2D eigenvalue weighted by Gasteiger charge is -2.16. The summed E-state index contributed by atoms with van der Waals surface area (Å²) in [6.07, 6.45) is 0. The van der Waals surface area contributed by atoms with Crippen LogP contribution < -0.4 is 4.90 Å². The Hall–Kier alpha value is -1.73. The van der Waals surface area contributed by atoms with Crippen molar-refractivity contribution in [3.63, 3.8) is 0 Å². The summed E-state index contributed by atoms with van der Waals surface area (Å²) in [5, 5.41) is 15.5. The summed E-state index contributed by atoms with van der Waals surface area (Å²) in [6.45, 7) is 0.748. The van der Waals surface area contributed by atoms with Gasteiger partial charge >= 0.3 is 0 Å². The van der Waals surface area contributed by atoms with Crippen LogP contribution in [-0.4, -0.2) is 32.3 Å². The summed E-state index contributed by atoms with van der Waals surface area (Å²) < 4.78 is 2.20. The Labute approximate surface area is 112 Å². The van der Waals surface area contributed by atoms with Crippen LogP contribution in [0.15, 0.2) is 24.3 Å². The van der Waals surface area contributed by atoms with E-state index in [9.17, 15) is 0 Å². The molecule has 0 N–H and O–H groups in total. The smallest absolute Gasteiger partial charge is 0.200 e. The fourth-order valence-corrected chi connectivity index (χ4v) is 2.74. The summed E-state index contributed by atoms with van der Waals surface area (Å²) in [4.78, 5) is 3.20. The second-order valence-electron chi connectivity index (χ2n) is 3.78. The minimum absolute atomic E-state index is 0.631. The number of tetrazole rings is 1. The molecule has 0 spiro atoms. The number of halogens is 1. The number of nitrogens with zero attached hydrogens (tertiary/aromatic N) is 6. The number of anilines is 1. The van der Waals surface area contributed by atoms with E-state index in [1.807, 2.05) is 36.2 Å². The molecule has 0 aliphatic carbocycles. The third-order valence-electron chi connectivity index (χ3n) is 2.47. The molecule has 3 aromatic heterocycles. The number of hydrogen-bond acceptors (Lipinski definition) is 6. The molecular weight excluding hydrogens is 272 g/mol. The van der Waals surface area contributed by atoms with Crippen LogP contribution in [0.25, 0.3) is 5.65 Å². The molecule has 0 atom stereocenters. The van der Waals surface area contributed by atoms with E-state index in [1.165, 1.54) is 9.51 Å². The first-order valence-electron chi connectivity index (χ1n) is 5.23. The van der Waals surface area contributed by atoms with Gasteiger partial charge in [-0.2, -0.15) is 0 Å². The van der Waals surface area contributed by atoms with Gasteiger partial charge < -0.3 is 4.90 Å². The van der Waals surface area contributed by atoms with Crippen LogP contribution >= 0.6 is 22.9 Å². The lowest BCUT2D eigenvalue weighted by molar-refractivity contribution is 0.721. The molecule has 0 aliphatic rings. The topological polar surface area (TPSA) is 59.2 Å². The first-order chi connectivity index (χ1) is 8.72. The van der Waals surface area contributed by atoms with Crippen molar-refractivity contribution >= 4 is 34.4 Å². The Kier molecular flexibility index (Phi) is 2.85. The molecule has 0 radical (unpaired) electrons. The molecule has 18 heavy (non-hydrogen) atoms. The van der Waals surface area contributed by atoms with Crippen molar-refractivity contribution in [1.82, 2.24) is 25.3 Å². The molecule has 6 nitrogen and oxygen atoms in total. The molecule has 92 valence electrons. The fraction of sp³-hybridized carbons (Fsp3) is 0.200. The zero-order valence-electron chi connectivity index (χ0n) is 9.49. The fourth-order valence-electron chi connectivity index (χ4n) is 1.60. The molecule has 3 aromatic rings. The quantitative estimate of drug-likeness (QED) is 0.733. The van der Waals surface area contributed by atoms with Crippen molar-refractivity contribution < 1.29 is 0 Å². The Balaban J connectivity index is 1.84. The molecule has 0 bridgehead atoms. The van der Waals surface area contributed by atoms with E-state index in [2.05, 4.69) is 20.6 Å². The van der Waals surface area contributed by atoms with Crippen molar-refractivity contribution in [3.05, 3.63) is 33.5 Å². The molecule has 0 amide bonds. The van der Waals surface area contributed by atoms with Crippen molar-refractivity contribution in [3.8, 4) is 0 Å². The van der Waals surface area contributed by atoms with E-state index >= 15 is 0 Å². The summed E-state index contributed by atoms with van der Waals surface area (Å²) in [6, 6.07) is 7.63. The van der Waals surface area contributed by atoms with Crippen molar-refractivity contribution in [2.75, 3.05) is 11.9 Å². The molecule has 0 fully saturated rings. The van der Waals surface area contributed by atoms with Gasteiger partial charge in [-0.15, -0.1) is 26.2 Å². The summed E-state index contributed by atoms with van der Waals surface area (Å²) in [7, 11) is 1.96. The Bertz CT molecular complexity index is 678. The number of thiophene rings is 1. The molecule has 8 heteroatoms. The molecule has 0 saturated carbocycles. The van der Waals surface area contributed by atoms with Crippen LogP contribution in [0.1, 0.15) is 4.88 Å². The van der Waals surface area contributed by atoms with E-state index in [1.54, 1.807) is 11.3 Å². The molecule has 0 unspecified atom stereocenters. The monoisotopic (exact) mass is 280 g/mol. The molecule has 3 rings (SSSR count). The standard InChI is InChI=1S/C10H9ClN6S/c1-16(6-7-2-3-8(11)18-7)10-5-4-9-12-14-15-17(9)13-10/h2-5H,6H2,1H3. The lowest BCUT2D eigenvalue weighted by Crippen LogP contribution is -2.18. The van der Waals surface area contributed by atoms with Crippen LogP contribution in [-0.2, 0) is 6.54 Å². The van der Waals surface area contributed by atoms with Crippen molar-refractivity contribution in [1.29, 1.82) is 0 Å². The zero-order valence-corrected chi connectivity index (χ0v) is 11.1. The third-order valence-corrected chi connectivity index (χ3v) is 3.68. The minimum atomic E-state index is 0.631. The average molecular weight is 281 g/mol. The second-order valence-corrected chi connectivity index (χ2v) is 5.58. The highest BCUT2D eigenvalue weighted by Crippen LogP contribution is 2.23. The highest BCUT2D eigenvalue weighted by molar-refractivity contribution is 7.16. The number of hydrogen-bond donors (Lipinski definition) is 0. The second kappa shape index (κ2) is 4.51. The van der Waals surface area contributed by atoms with E-state index < -0.39 is 0 Å². The number of rotatable bonds is 3. The average Bonchev–Trinajstić information content (AvgIpc) is 2.96. The first-order valence-corrected chi connectivity index (χ1v) is 6.42. The third kappa shape index (κ3) is 2.14. The highest BCUT2D eigenvalue weighted by Gasteiger charge is 2.07. The Morgan fingerprint density at radius 1 is 1.33 bits per heavy atom. The molecule has 0 saturated heterocycles. The van der Waals surface area contributed by atoms with E-state index in [0.29, 0.717) is 5.65 Å². The maximum absolute atomic E-state index is 5.91. The van der Waals surface area contributed by atoms with Gasteiger partial charge in [-0.1, -0.05) is 11.6 Å². The molecule has 0 aliphatic heterocycles. The summed E-state index contributed by atoms with van der Waals surface area (Å²) in [5.74, 6) is 0.805. The van der Waals surface area contributed by atoms with Crippen molar-refractivity contribution in [2.45, 2.75) is 6.54 Å². The predicted octanol–water partition coefficient (Wildman–Crippen LogP) is 1.87. The van der Waals surface area contributed by atoms with Gasteiger partial charge in [0.15, 0.2) is 11.5 Å². The Morgan fingerprint density at radius 3 is 3.00 bits per heavy atom. The van der Waals surface area contributed by atoms with E-state index in [4.69, 9.17) is 11.6 Å². The van der Waals surface area contributed by atoms with Gasteiger partial charge in [0.25, 0.3) is 0 Å². The summed E-state index contributed by atoms with van der Waals surface area (Å²) >= 11 is 7.47. The van der Waals surface area contributed by atoms with Gasteiger partial charge in [0.05, 0.1) is 10.9 Å². The lowest BCUT2D eigenvalue weighted by atomic mass is 10.4. The molecule has 0 aromatic carbocycles. The van der Waals surface area contributed by atoms with Gasteiger partial charge in [-0.3, -0.25) is 0 Å². The van der Waals surface area contributed by atoms with Crippen LogP contribution in [0.3, 0.4) is 0 Å². The first kappa shape index (κ1) is 11.4. The largest absolute Gasteiger partial charge is 0.353 e. The van der Waals surface area contributed by atoms with Gasteiger partial charge in [0.1, 0.15) is 0 Å². The van der Waals surface area contributed by atoms with Crippen LogP contribution in [0, 0.1) is 0 Å². The molecule has 3 heterocycles. The van der Waals surface area contributed by atoms with Gasteiger partial charge in [0, 0.05) is 11.9 Å². The maximum atomic E-state index is 5.91. The van der Waals surface area contributed by atoms with Crippen LogP contribution in [0.4, 0.5) is 5.82 Å². The van der Waals surface area contributed by atoms with Crippen LogP contribution in [0.2, 0.25) is 4.34 Å². The number of fused-ring (bicyclic) bond motifs is 1. The highest BCUT2D eigenvalue weighted by atomic mass is 35.5. The normalized spacial score (nSPS) is 11.0. The maximum Gasteiger partial charge on any atom is 0.200 e. The van der Waals surface area contributed by atoms with Gasteiger partial charge in [0.2, 0.25) is 0 Å². The van der Waals surface area contributed by atoms with Gasteiger partial charge in [-0.25, -0.2) is 0 Å². The zero-order chi connectivity index (χ0) is 12.5. The summed E-state index contributed by atoms with van der Waals surface area (Å²) in [5.41, 5.74) is 0.631. The van der Waals surface area contributed by atoms with Gasteiger partial charge in [-0.05, 0) is 34.7 Å². The Morgan fingerprint density at radius 2 is 2.22 bits per heavy atom. The molecular formula is C10H9ClN6S. The minimum Gasteiger partial charge on any atom is -0.353 e. The SMILES string of the molecule is CN(Cc1ccc(Cl)s1)c1ccc2nnnn2n1. The number of aromatic nitrogens is 5. The van der Waals surface area contributed by atoms with Crippen LogP contribution in [0.5, 0.6) is 0 Å². The van der Waals surface area contributed by atoms with Crippen molar-refractivity contribution in [2.24, 2.45) is 0 Å². The van der Waals surface area contributed by atoms with E-state index in [0.717, 1.165) is 16.7 Å².